The van der Waals surface area contributed by atoms with E-state index in [9.17, 15) is 0 Å². The third kappa shape index (κ3) is 3.86. The van der Waals surface area contributed by atoms with Gasteiger partial charge in [-0.15, -0.1) is 0 Å². The summed E-state index contributed by atoms with van der Waals surface area (Å²) >= 11 is 0. The summed E-state index contributed by atoms with van der Waals surface area (Å²) in [4.78, 5) is 0. The molecule has 0 unspecified atom stereocenters. The molecular weight excluding hydrogens is 347 g/mol. The topological polar surface area (TPSA) is 9.23 Å². The molecule has 3 aromatic rings. The molecule has 0 radical (unpaired) electrons. The van der Waals surface area contributed by atoms with Crippen LogP contribution >= 0.6 is 6.83 Å². The van der Waals surface area contributed by atoms with E-state index in [-0.39, 0.29) is 0 Å². The fourth-order valence-corrected chi connectivity index (χ4v) is 8.45. The second-order valence-electron chi connectivity index (χ2n) is 7.36. The van der Waals surface area contributed by atoms with Crippen molar-refractivity contribution in [1.82, 2.24) is 0 Å². The van der Waals surface area contributed by atoms with Crippen LogP contribution < -0.4 is 15.9 Å². The molecule has 0 aliphatic carbocycles. The Morgan fingerprint density at radius 3 is 1.37 bits per heavy atom. The van der Waals surface area contributed by atoms with Gasteiger partial charge in [0.05, 0.1) is 0 Å². The zero-order chi connectivity index (χ0) is 19.0. The monoisotopic (exact) mass is 378 g/mol. The minimum absolute atomic E-state index is 0.785. The van der Waals surface area contributed by atoms with E-state index < -0.39 is 6.83 Å². The van der Waals surface area contributed by atoms with Crippen LogP contribution in [0.4, 0.5) is 0 Å². The van der Waals surface area contributed by atoms with Crippen molar-refractivity contribution in [3.05, 3.63) is 91.0 Å². The molecule has 0 aromatic heterocycles. The molecule has 0 saturated carbocycles. The zero-order valence-corrected chi connectivity index (χ0v) is 17.4. The Morgan fingerprint density at radius 1 is 0.593 bits per heavy atom. The van der Waals surface area contributed by atoms with Crippen molar-refractivity contribution < 1.29 is 4.52 Å². The van der Waals surface area contributed by atoms with Crippen LogP contribution in [0, 0.1) is 0 Å². The van der Waals surface area contributed by atoms with Crippen LogP contribution in [0.2, 0.25) is 0 Å². The summed E-state index contributed by atoms with van der Waals surface area (Å²) in [5.74, 6) is 0. The van der Waals surface area contributed by atoms with Crippen LogP contribution in [-0.2, 0) is 4.52 Å². The summed E-state index contributed by atoms with van der Waals surface area (Å²) < 4.78 is 7.05. The predicted molar refractivity (Wildman–Crippen MR) is 121 cm³/mol. The SMILES string of the molecule is CCCCCCOP(C)(c1ccccc1)(c1ccccc1)c1ccccc1. The molecule has 3 rings (SSSR count). The quantitative estimate of drug-likeness (QED) is 0.345. The summed E-state index contributed by atoms with van der Waals surface area (Å²) in [6.07, 6.45) is 4.84. The second kappa shape index (κ2) is 8.83. The summed E-state index contributed by atoms with van der Waals surface area (Å²) in [6, 6.07) is 32.5. The van der Waals surface area contributed by atoms with Crippen molar-refractivity contribution >= 4 is 22.7 Å². The average Bonchev–Trinajstić information content (AvgIpc) is 2.75. The molecule has 1 nitrogen and oxygen atoms in total. The van der Waals surface area contributed by atoms with Crippen LogP contribution in [0.25, 0.3) is 0 Å². The third-order valence-corrected chi connectivity index (χ3v) is 11.0. The normalized spacial score (nSPS) is 13.0. The molecule has 0 spiro atoms. The molecule has 0 bridgehead atoms. The van der Waals surface area contributed by atoms with Gasteiger partial charge in [-0.3, -0.25) is 0 Å². The first-order valence-electron chi connectivity index (χ1n) is 10.0. The molecule has 0 N–H and O–H groups in total. The zero-order valence-electron chi connectivity index (χ0n) is 16.6. The first-order chi connectivity index (χ1) is 13.2. The molecule has 3 aromatic carbocycles. The van der Waals surface area contributed by atoms with Crippen LogP contribution in [0.1, 0.15) is 32.6 Å². The Balaban J connectivity index is 2.16. The van der Waals surface area contributed by atoms with Gasteiger partial charge in [-0.25, -0.2) is 0 Å². The van der Waals surface area contributed by atoms with Crippen LogP contribution in [0.3, 0.4) is 0 Å². The van der Waals surface area contributed by atoms with Gasteiger partial charge in [-0.05, 0) is 0 Å². The van der Waals surface area contributed by atoms with Crippen molar-refractivity contribution in [3.8, 4) is 0 Å². The molecule has 0 aliphatic heterocycles. The van der Waals surface area contributed by atoms with E-state index in [2.05, 4.69) is 105 Å². The molecule has 0 fully saturated rings. The maximum absolute atomic E-state index is 7.05. The molecule has 0 aliphatic rings. The number of benzene rings is 3. The average molecular weight is 378 g/mol. The fraction of sp³-hybridized carbons (Fsp3) is 0.280. The maximum atomic E-state index is 7.05. The number of hydrogen-bond acceptors (Lipinski definition) is 1. The van der Waals surface area contributed by atoms with Crippen molar-refractivity contribution in [3.63, 3.8) is 0 Å². The number of hydrogen-bond donors (Lipinski definition) is 0. The van der Waals surface area contributed by atoms with Gasteiger partial charge in [0.25, 0.3) is 0 Å². The van der Waals surface area contributed by atoms with Crippen molar-refractivity contribution in [2.45, 2.75) is 32.6 Å². The Kier molecular flexibility index (Phi) is 6.47. The first-order valence-corrected chi connectivity index (χ1v) is 12.6. The summed E-state index contributed by atoms with van der Waals surface area (Å²) in [6.45, 7) is 2.40. The Labute approximate surface area is 164 Å². The molecule has 0 atom stereocenters. The van der Waals surface area contributed by atoms with Crippen molar-refractivity contribution in [1.29, 1.82) is 0 Å². The van der Waals surface area contributed by atoms with Gasteiger partial charge >= 0.3 is 164 Å². The summed E-state index contributed by atoms with van der Waals surface area (Å²) in [7, 11) is 0. The van der Waals surface area contributed by atoms with Gasteiger partial charge in [-0.2, -0.15) is 0 Å². The van der Waals surface area contributed by atoms with Gasteiger partial charge in [0, 0.05) is 0 Å². The van der Waals surface area contributed by atoms with Crippen LogP contribution in [0.5, 0.6) is 0 Å². The number of unbranched alkanes of at least 4 members (excludes halogenated alkanes) is 3. The van der Waals surface area contributed by atoms with E-state index >= 15 is 0 Å². The molecule has 27 heavy (non-hydrogen) atoms. The molecule has 142 valence electrons. The van der Waals surface area contributed by atoms with Crippen molar-refractivity contribution in [2.24, 2.45) is 0 Å². The minimum atomic E-state index is -2.99. The van der Waals surface area contributed by atoms with Gasteiger partial charge < -0.3 is 0 Å². The third-order valence-electron chi connectivity index (χ3n) is 5.55. The van der Waals surface area contributed by atoms with Crippen LogP contribution in [0.15, 0.2) is 91.0 Å². The molecule has 0 amide bonds. The van der Waals surface area contributed by atoms with Crippen molar-refractivity contribution in [2.75, 3.05) is 13.3 Å². The van der Waals surface area contributed by atoms with Gasteiger partial charge in [0.1, 0.15) is 0 Å². The molecule has 0 saturated heterocycles. The van der Waals surface area contributed by atoms with E-state index in [0.29, 0.717) is 0 Å². The van der Waals surface area contributed by atoms with Gasteiger partial charge in [0.2, 0.25) is 0 Å². The van der Waals surface area contributed by atoms with Gasteiger partial charge in [0.15, 0.2) is 0 Å². The standard InChI is InChI=1S/C25H31OP/c1-3-4-5-15-22-26-27(2,23-16-9-6-10-17-23,24-18-11-7-12-19-24)25-20-13-8-14-21-25/h6-14,16-21H,3-5,15,22H2,1-2H3. The van der Waals surface area contributed by atoms with E-state index in [1.807, 2.05) is 0 Å². The molecule has 0 heterocycles. The number of rotatable bonds is 9. The van der Waals surface area contributed by atoms with E-state index in [1.165, 1.54) is 35.2 Å². The first kappa shape index (κ1) is 19.8. The Bertz CT molecular complexity index is 715. The molecule has 2 heteroatoms. The summed E-state index contributed by atoms with van der Waals surface area (Å²) in [5, 5.41) is 3.86. The summed E-state index contributed by atoms with van der Waals surface area (Å²) in [5.41, 5.74) is 0. The predicted octanol–water partition coefficient (Wildman–Crippen LogP) is 5.66. The van der Waals surface area contributed by atoms with E-state index in [4.69, 9.17) is 4.52 Å². The van der Waals surface area contributed by atoms with Gasteiger partial charge in [-0.1, -0.05) is 0 Å². The molecular formula is C25H31OP. The van der Waals surface area contributed by atoms with Crippen LogP contribution in [-0.4, -0.2) is 13.3 Å². The fourth-order valence-electron chi connectivity index (χ4n) is 3.85. The van der Waals surface area contributed by atoms with E-state index in [1.54, 1.807) is 0 Å². The van der Waals surface area contributed by atoms with E-state index in [0.717, 1.165) is 13.0 Å². The Morgan fingerprint density at radius 2 is 1.00 bits per heavy atom. The second-order valence-corrected chi connectivity index (χ2v) is 12.1. The Hall–Kier alpha value is -1.95.